The topological polar surface area (TPSA) is 137 Å². The summed E-state index contributed by atoms with van der Waals surface area (Å²) in [6, 6.07) is 0. The molecule has 0 spiro atoms. The Morgan fingerprint density at radius 1 is 1.20 bits per heavy atom. The first kappa shape index (κ1) is 27.1. The zero-order valence-corrected chi connectivity index (χ0v) is 18.6. The van der Waals surface area contributed by atoms with E-state index in [2.05, 4.69) is 63.7 Å². The summed E-state index contributed by atoms with van der Waals surface area (Å²) in [6.45, 7) is 0. The molecule has 6 nitrogen and oxygen atoms in total. The minimum atomic E-state index is -4.58. The Bertz CT molecular complexity index is 296. The standard InChI is InChI=1S/C8H14Br4ClO4P.2H3N/c9-2-7(12)1-6(3-13)8(4-10,5-11)17-18(14,15)16;;/h6-7H,1-5H2,(H2,14,15,16);2*1H3. The molecule has 0 aromatic carbocycles. The number of alkyl halides is 5. The molecule has 2 atom stereocenters. The number of halogens is 5. The van der Waals surface area contributed by atoms with E-state index in [0.717, 1.165) is 5.33 Å². The second-order valence-corrected chi connectivity index (χ2v) is 8.29. The number of hydrogen-bond donors (Lipinski definition) is 4. The Hall–Kier alpha value is 2.24. The van der Waals surface area contributed by atoms with Crippen molar-refractivity contribution in [3.63, 3.8) is 0 Å². The summed E-state index contributed by atoms with van der Waals surface area (Å²) in [7, 11) is -4.58. The van der Waals surface area contributed by atoms with E-state index >= 15 is 0 Å². The third kappa shape index (κ3) is 9.39. The molecular weight excluding hydrogens is 574 g/mol. The van der Waals surface area contributed by atoms with Crippen LogP contribution in [0, 0.1) is 5.92 Å². The SMILES string of the molecule is N.N.O=P(O)(O)OC(CBr)(CBr)C(CCl)CC(Br)CBr. The Kier molecular flexibility index (Phi) is 17.1. The minimum absolute atomic E-state index is 0. The first-order valence-corrected chi connectivity index (χ1v) is 11.2. The maximum atomic E-state index is 11.1. The van der Waals surface area contributed by atoms with Crippen LogP contribution in [0.4, 0.5) is 0 Å². The van der Waals surface area contributed by atoms with Gasteiger partial charge in [-0.1, -0.05) is 63.7 Å². The Labute approximate surface area is 158 Å². The molecule has 12 heteroatoms. The molecule has 0 radical (unpaired) electrons. The van der Waals surface area contributed by atoms with Crippen molar-refractivity contribution in [1.82, 2.24) is 12.3 Å². The van der Waals surface area contributed by atoms with Crippen LogP contribution in [-0.2, 0) is 9.09 Å². The van der Waals surface area contributed by atoms with Gasteiger partial charge in [0.15, 0.2) is 0 Å². The minimum Gasteiger partial charge on any atom is -0.344 e. The van der Waals surface area contributed by atoms with Gasteiger partial charge in [0.25, 0.3) is 0 Å². The van der Waals surface area contributed by atoms with E-state index in [4.69, 9.17) is 25.9 Å². The second kappa shape index (κ2) is 12.6. The number of phosphoric ester groups is 1. The summed E-state index contributed by atoms with van der Waals surface area (Å²) >= 11 is 19.2. The van der Waals surface area contributed by atoms with Crippen LogP contribution in [0.25, 0.3) is 0 Å². The summed E-state index contributed by atoms with van der Waals surface area (Å²) < 4.78 is 16.1. The monoisotopic (exact) mass is 590 g/mol. The van der Waals surface area contributed by atoms with Crippen molar-refractivity contribution < 1.29 is 18.9 Å². The summed E-state index contributed by atoms with van der Waals surface area (Å²) in [5, 5.41) is 1.27. The van der Waals surface area contributed by atoms with Gasteiger partial charge in [-0.3, -0.25) is 4.52 Å². The lowest BCUT2D eigenvalue weighted by atomic mass is 9.89. The molecule has 8 N–H and O–H groups in total. The highest BCUT2D eigenvalue weighted by atomic mass is 79.9. The van der Waals surface area contributed by atoms with Crippen molar-refractivity contribution in [3.8, 4) is 0 Å². The van der Waals surface area contributed by atoms with E-state index < -0.39 is 13.4 Å². The molecule has 0 saturated carbocycles. The zero-order valence-electron chi connectivity index (χ0n) is 10.7. The fourth-order valence-corrected chi connectivity index (χ4v) is 5.71. The van der Waals surface area contributed by atoms with Crippen molar-refractivity contribution >= 4 is 83.1 Å². The molecular formula is C8H20Br4ClN2O4P. The third-order valence-corrected chi connectivity index (χ3v) is 7.61. The third-order valence-electron chi connectivity index (χ3n) is 2.39. The lowest BCUT2D eigenvalue weighted by molar-refractivity contribution is 0.0295. The fourth-order valence-electron chi connectivity index (χ4n) is 1.40. The van der Waals surface area contributed by atoms with Crippen molar-refractivity contribution in [3.05, 3.63) is 0 Å². The second-order valence-electron chi connectivity index (χ2n) is 3.75. The summed E-state index contributed by atoms with van der Waals surface area (Å²) in [5.41, 5.74) is -1.05. The van der Waals surface area contributed by atoms with Crippen LogP contribution in [0.1, 0.15) is 6.42 Å². The maximum absolute atomic E-state index is 11.1. The lowest BCUT2D eigenvalue weighted by Gasteiger charge is -2.37. The molecule has 0 fully saturated rings. The van der Waals surface area contributed by atoms with Crippen LogP contribution in [0.15, 0.2) is 0 Å². The highest BCUT2D eigenvalue weighted by molar-refractivity contribution is 9.12. The molecule has 0 rings (SSSR count). The largest absolute Gasteiger partial charge is 0.470 e. The predicted octanol–water partition coefficient (Wildman–Crippen LogP) is 4.35. The summed E-state index contributed by atoms with van der Waals surface area (Å²) in [6.07, 6.45) is 0.631. The van der Waals surface area contributed by atoms with Gasteiger partial charge in [0.2, 0.25) is 0 Å². The van der Waals surface area contributed by atoms with Crippen LogP contribution < -0.4 is 12.3 Å². The lowest BCUT2D eigenvalue weighted by Crippen LogP contribution is -2.45. The average molecular weight is 594 g/mol. The van der Waals surface area contributed by atoms with E-state index in [9.17, 15) is 4.57 Å². The molecule has 0 aliphatic rings. The van der Waals surface area contributed by atoms with Gasteiger partial charge >= 0.3 is 7.82 Å². The number of phosphoric acid groups is 1. The van der Waals surface area contributed by atoms with Crippen LogP contribution in [-0.4, -0.2) is 42.1 Å². The highest BCUT2D eigenvalue weighted by Gasteiger charge is 2.43. The molecule has 126 valence electrons. The van der Waals surface area contributed by atoms with Gasteiger partial charge in [-0.25, -0.2) is 4.57 Å². The van der Waals surface area contributed by atoms with E-state index in [-0.39, 0.29) is 39.6 Å². The number of rotatable bonds is 9. The molecule has 0 aliphatic heterocycles. The normalized spacial score (nSPS) is 14.9. The molecule has 0 amide bonds. The Morgan fingerprint density at radius 3 is 1.90 bits per heavy atom. The Morgan fingerprint density at radius 2 is 1.65 bits per heavy atom. The molecule has 0 aromatic rings. The summed E-state index contributed by atoms with van der Waals surface area (Å²) in [4.78, 5) is 18.2. The molecule has 0 bridgehead atoms. The van der Waals surface area contributed by atoms with Gasteiger partial charge in [0.05, 0.1) is 0 Å². The highest BCUT2D eigenvalue weighted by Crippen LogP contribution is 2.47. The van der Waals surface area contributed by atoms with Gasteiger partial charge in [-0.15, -0.1) is 11.6 Å². The average Bonchev–Trinajstić information content (AvgIpc) is 2.31. The van der Waals surface area contributed by atoms with E-state index in [1.807, 2.05) is 0 Å². The van der Waals surface area contributed by atoms with Crippen LogP contribution in [0.3, 0.4) is 0 Å². The predicted molar refractivity (Wildman–Crippen MR) is 98.8 cm³/mol. The maximum Gasteiger partial charge on any atom is 0.470 e. The van der Waals surface area contributed by atoms with E-state index in [1.165, 1.54) is 0 Å². The van der Waals surface area contributed by atoms with Gasteiger partial charge in [-0.2, -0.15) is 0 Å². The summed E-state index contributed by atoms with van der Waals surface area (Å²) in [5.74, 6) is 0.0271. The first-order valence-electron chi connectivity index (χ1n) is 4.89. The van der Waals surface area contributed by atoms with Crippen LogP contribution in [0.5, 0.6) is 0 Å². The quantitative estimate of drug-likeness (QED) is 0.232. The van der Waals surface area contributed by atoms with Gasteiger partial charge in [0, 0.05) is 32.6 Å². The van der Waals surface area contributed by atoms with Crippen LogP contribution >= 0.6 is 83.1 Å². The van der Waals surface area contributed by atoms with Gasteiger partial charge in [-0.05, 0) is 6.42 Å². The van der Waals surface area contributed by atoms with Crippen molar-refractivity contribution in [2.24, 2.45) is 5.92 Å². The molecule has 0 saturated heterocycles. The fraction of sp³-hybridized carbons (Fsp3) is 1.00. The van der Waals surface area contributed by atoms with Gasteiger partial charge < -0.3 is 22.1 Å². The molecule has 0 aromatic heterocycles. The number of hydrogen-bond acceptors (Lipinski definition) is 4. The Balaban J connectivity index is -0.00000144. The van der Waals surface area contributed by atoms with Crippen molar-refractivity contribution in [2.75, 3.05) is 21.9 Å². The zero-order chi connectivity index (χ0) is 14.4. The van der Waals surface area contributed by atoms with E-state index in [1.54, 1.807) is 0 Å². The first-order chi connectivity index (χ1) is 8.24. The van der Waals surface area contributed by atoms with Crippen molar-refractivity contribution in [2.45, 2.75) is 16.8 Å². The van der Waals surface area contributed by atoms with Crippen molar-refractivity contribution in [1.29, 1.82) is 0 Å². The molecule has 0 heterocycles. The van der Waals surface area contributed by atoms with Gasteiger partial charge in [0.1, 0.15) is 5.60 Å². The van der Waals surface area contributed by atoms with E-state index in [0.29, 0.717) is 6.42 Å². The smallest absolute Gasteiger partial charge is 0.344 e. The van der Waals surface area contributed by atoms with Crippen LogP contribution in [0.2, 0.25) is 0 Å². The molecule has 0 aliphatic carbocycles. The molecule has 2 unspecified atom stereocenters. The molecule has 20 heavy (non-hydrogen) atoms.